The maximum absolute atomic E-state index is 12.4. The summed E-state index contributed by atoms with van der Waals surface area (Å²) in [4.78, 5) is 17.3. The summed E-state index contributed by atoms with van der Waals surface area (Å²) in [6.45, 7) is 7.17. The first kappa shape index (κ1) is 17.4. The Labute approximate surface area is 146 Å². The van der Waals surface area contributed by atoms with Gasteiger partial charge in [-0.25, -0.2) is 0 Å². The van der Waals surface area contributed by atoms with E-state index in [2.05, 4.69) is 53.4 Å². The zero-order chi connectivity index (χ0) is 16.9. The number of nitrogens with one attached hydrogen (secondary N) is 1. The molecule has 1 heterocycles. The van der Waals surface area contributed by atoms with Gasteiger partial charge in [-0.2, -0.15) is 0 Å². The topological polar surface area (TPSA) is 35.6 Å². The number of hydrogen-bond donors (Lipinski definition) is 1. The van der Waals surface area contributed by atoms with Crippen LogP contribution in [0.3, 0.4) is 0 Å². The van der Waals surface area contributed by atoms with Crippen LogP contribution in [-0.2, 0) is 4.79 Å². The van der Waals surface area contributed by atoms with Gasteiger partial charge in [0.15, 0.2) is 0 Å². The Kier molecular flexibility index (Phi) is 5.90. The average Bonchev–Trinajstić information content (AvgIpc) is 3.12. The summed E-state index contributed by atoms with van der Waals surface area (Å²) in [6, 6.07) is 9.08. The van der Waals surface area contributed by atoms with Crippen molar-refractivity contribution in [1.82, 2.24) is 15.1 Å². The number of carbonyl (C=O) groups excluding carboxylic acids is 1. The van der Waals surface area contributed by atoms with E-state index in [1.807, 2.05) is 0 Å². The molecule has 1 aromatic rings. The van der Waals surface area contributed by atoms with Crippen molar-refractivity contribution in [2.45, 2.75) is 38.6 Å². The van der Waals surface area contributed by atoms with Crippen LogP contribution in [0.1, 0.15) is 42.9 Å². The van der Waals surface area contributed by atoms with Crippen LogP contribution in [0.25, 0.3) is 0 Å². The van der Waals surface area contributed by atoms with Crippen LogP contribution >= 0.6 is 0 Å². The first-order valence-electron chi connectivity index (χ1n) is 9.40. The van der Waals surface area contributed by atoms with Gasteiger partial charge in [0.25, 0.3) is 0 Å². The van der Waals surface area contributed by atoms with E-state index in [1.165, 1.54) is 24.0 Å². The predicted octanol–water partition coefficient (Wildman–Crippen LogP) is 2.59. The normalized spacial score (nSPS) is 21.8. The van der Waals surface area contributed by atoms with E-state index in [4.69, 9.17) is 0 Å². The Hall–Kier alpha value is -1.39. The Bertz CT molecular complexity index is 528. The van der Waals surface area contributed by atoms with Crippen LogP contribution in [0.5, 0.6) is 0 Å². The third-order valence-electron chi connectivity index (χ3n) is 5.64. The molecule has 0 spiro atoms. The minimum Gasteiger partial charge on any atom is -0.354 e. The monoisotopic (exact) mass is 329 g/mol. The third kappa shape index (κ3) is 4.37. The zero-order valence-corrected chi connectivity index (χ0v) is 15.1. The fourth-order valence-electron chi connectivity index (χ4n) is 3.91. The number of hydrogen-bond acceptors (Lipinski definition) is 3. The maximum Gasteiger partial charge on any atom is 0.223 e. The molecule has 1 aliphatic heterocycles. The highest BCUT2D eigenvalue weighted by Gasteiger charge is 2.27. The molecule has 132 valence electrons. The fourth-order valence-corrected chi connectivity index (χ4v) is 3.91. The second kappa shape index (κ2) is 8.13. The summed E-state index contributed by atoms with van der Waals surface area (Å²) in [7, 11) is 2.18. The summed E-state index contributed by atoms with van der Waals surface area (Å²) < 4.78 is 0. The Morgan fingerprint density at radius 2 is 1.75 bits per heavy atom. The second-order valence-electron chi connectivity index (χ2n) is 7.49. The number of piperazine rings is 1. The fraction of sp³-hybridized carbons (Fsp3) is 0.650. The van der Waals surface area contributed by atoms with Gasteiger partial charge in [0.05, 0.1) is 6.04 Å². The van der Waals surface area contributed by atoms with E-state index in [0.717, 1.165) is 45.6 Å². The average molecular weight is 329 g/mol. The van der Waals surface area contributed by atoms with Crippen LogP contribution in [0, 0.1) is 12.8 Å². The van der Waals surface area contributed by atoms with Gasteiger partial charge >= 0.3 is 0 Å². The van der Waals surface area contributed by atoms with Gasteiger partial charge in [-0.3, -0.25) is 9.69 Å². The van der Waals surface area contributed by atoms with E-state index in [9.17, 15) is 4.79 Å². The summed E-state index contributed by atoms with van der Waals surface area (Å²) in [5.74, 6) is 0.509. The first-order chi connectivity index (χ1) is 11.6. The minimum absolute atomic E-state index is 0.246. The lowest BCUT2D eigenvalue weighted by Gasteiger charge is -2.38. The lowest BCUT2D eigenvalue weighted by molar-refractivity contribution is -0.125. The van der Waals surface area contributed by atoms with Crippen LogP contribution in [0.4, 0.5) is 0 Å². The van der Waals surface area contributed by atoms with Crippen molar-refractivity contribution in [3.05, 3.63) is 35.4 Å². The smallest absolute Gasteiger partial charge is 0.223 e. The number of carbonyl (C=O) groups is 1. The van der Waals surface area contributed by atoms with Crippen molar-refractivity contribution < 1.29 is 4.79 Å². The van der Waals surface area contributed by atoms with Crippen molar-refractivity contribution in [3.8, 4) is 0 Å². The molecule has 1 atom stereocenters. The van der Waals surface area contributed by atoms with Crippen LogP contribution in [0.2, 0.25) is 0 Å². The van der Waals surface area contributed by atoms with E-state index in [0.29, 0.717) is 0 Å². The highest BCUT2D eigenvalue weighted by atomic mass is 16.1. The van der Waals surface area contributed by atoms with Crippen molar-refractivity contribution in [2.75, 3.05) is 39.8 Å². The van der Waals surface area contributed by atoms with Gasteiger partial charge in [0.1, 0.15) is 0 Å². The van der Waals surface area contributed by atoms with Gasteiger partial charge < -0.3 is 10.2 Å². The predicted molar refractivity (Wildman–Crippen MR) is 98.0 cm³/mol. The molecule has 0 bridgehead atoms. The lowest BCUT2D eigenvalue weighted by atomic mass is 10.0. The van der Waals surface area contributed by atoms with Gasteiger partial charge in [0, 0.05) is 38.6 Å². The number of nitrogens with zero attached hydrogens (tertiary/aromatic N) is 2. The summed E-state index contributed by atoms with van der Waals surface area (Å²) in [5.41, 5.74) is 2.60. The largest absolute Gasteiger partial charge is 0.354 e. The molecule has 0 aromatic heterocycles. The Balaban J connectivity index is 1.66. The summed E-state index contributed by atoms with van der Waals surface area (Å²) in [6.07, 6.45) is 4.54. The molecule has 3 rings (SSSR count). The van der Waals surface area contributed by atoms with Crippen molar-refractivity contribution in [3.63, 3.8) is 0 Å². The molecule has 1 saturated carbocycles. The molecule has 1 amide bonds. The highest BCUT2D eigenvalue weighted by molar-refractivity contribution is 5.78. The maximum atomic E-state index is 12.4. The summed E-state index contributed by atoms with van der Waals surface area (Å²) in [5, 5.41) is 3.25. The van der Waals surface area contributed by atoms with Crippen LogP contribution in [0.15, 0.2) is 24.3 Å². The number of likely N-dealkylation sites (N-methyl/N-ethyl adjacent to an activating group) is 1. The van der Waals surface area contributed by atoms with Gasteiger partial charge in [-0.1, -0.05) is 42.7 Å². The van der Waals surface area contributed by atoms with E-state index in [-0.39, 0.29) is 17.9 Å². The number of rotatable bonds is 5. The van der Waals surface area contributed by atoms with E-state index >= 15 is 0 Å². The first-order valence-corrected chi connectivity index (χ1v) is 9.40. The zero-order valence-electron chi connectivity index (χ0n) is 15.1. The van der Waals surface area contributed by atoms with Crippen LogP contribution < -0.4 is 5.32 Å². The second-order valence-corrected chi connectivity index (χ2v) is 7.49. The molecule has 0 radical (unpaired) electrons. The molecular weight excluding hydrogens is 298 g/mol. The van der Waals surface area contributed by atoms with Crippen molar-refractivity contribution in [2.24, 2.45) is 5.92 Å². The quantitative estimate of drug-likeness (QED) is 0.902. The number of benzene rings is 1. The number of aryl methyl sites for hydroxylation is 1. The Morgan fingerprint density at radius 1 is 1.12 bits per heavy atom. The molecule has 1 N–H and O–H groups in total. The minimum atomic E-state index is 0.246. The molecule has 1 aliphatic carbocycles. The van der Waals surface area contributed by atoms with Gasteiger partial charge in [0.2, 0.25) is 5.91 Å². The molecule has 4 heteroatoms. The molecule has 1 unspecified atom stereocenters. The molecular formula is C20H31N3O. The third-order valence-corrected chi connectivity index (χ3v) is 5.64. The van der Waals surface area contributed by atoms with Gasteiger partial charge in [-0.15, -0.1) is 0 Å². The standard InChI is InChI=1S/C20H31N3O/c1-16-7-9-17(10-8-16)19(23-13-11-22(2)12-14-23)15-21-20(24)18-5-3-4-6-18/h7-10,18-19H,3-6,11-15H2,1-2H3,(H,21,24). The van der Waals surface area contributed by atoms with E-state index in [1.54, 1.807) is 0 Å². The van der Waals surface area contributed by atoms with Crippen molar-refractivity contribution >= 4 is 5.91 Å². The van der Waals surface area contributed by atoms with Crippen molar-refractivity contribution in [1.29, 1.82) is 0 Å². The summed E-state index contributed by atoms with van der Waals surface area (Å²) >= 11 is 0. The molecule has 2 fully saturated rings. The SMILES string of the molecule is Cc1ccc(C(CNC(=O)C2CCCC2)N2CCN(C)CC2)cc1. The highest BCUT2D eigenvalue weighted by Crippen LogP contribution is 2.26. The van der Waals surface area contributed by atoms with Gasteiger partial charge in [-0.05, 0) is 32.4 Å². The molecule has 4 nitrogen and oxygen atoms in total. The molecule has 24 heavy (non-hydrogen) atoms. The number of amides is 1. The molecule has 1 saturated heterocycles. The van der Waals surface area contributed by atoms with Crippen LogP contribution in [-0.4, -0.2) is 55.5 Å². The Morgan fingerprint density at radius 3 is 2.38 bits per heavy atom. The molecule has 1 aromatic carbocycles. The lowest BCUT2D eigenvalue weighted by Crippen LogP contribution is -2.48. The van der Waals surface area contributed by atoms with E-state index < -0.39 is 0 Å². The molecule has 2 aliphatic rings.